The van der Waals surface area contributed by atoms with E-state index in [1.807, 2.05) is 6.07 Å². The molecule has 5 heteroatoms. The lowest BCUT2D eigenvalue weighted by Gasteiger charge is -2.06. The largest absolute Gasteiger partial charge is 0.496 e. The normalized spacial score (nSPS) is 10.0. The first-order chi connectivity index (χ1) is 8.17. The fourth-order valence-electron chi connectivity index (χ4n) is 1.62. The molecular weight excluding hydrogens is 221 g/mol. The zero-order valence-electron chi connectivity index (χ0n) is 9.44. The molecule has 0 aliphatic rings. The van der Waals surface area contributed by atoms with Crippen molar-refractivity contribution in [1.82, 2.24) is 9.55 Å². The van der Waals surface area contributed by atoms with E-state index >= 15 is 0 Å². The van der Waals surface area contributed by atoms with Gasteiger partial charge in [-0.15, -0.1) is 0 Å². The summed E-state index contributed by atoms with van der Waals surface area (Å²) in [4.78, 5) is 4.10. The highest BCUT2D eigenvalue weighted by Gasteiger charge is 2.15. The van der Waals surface area contributed by atoms with E-state index in [2.05, 4.69) is 4.98 Å². The molecule has 1 heterocycles. The van der Waals surface area contributed by atoms with Gasteiger partial charge in [0.2, 0.25) is 0 Å². The van der Waals surface area contributed by atoms with Gasteiger partial charge in [0.15, 0.2) is 0 Å². The first kappa shape index (κ1) is 11.1. The summed E-state index contributed by atoms with van der Waals surface area (Å²) >= 11 is 0. The zero-order chi connectivity index (χ0) is 12.4. The maximum Gasteiger partial charge on any atom is 0.147 e. The Hall–Kier alpha value is -2.35. The maximum atomic E-state index is 13.2. The number of aryl methyl sites for hydroxylation is 1. The minimum atomic E-state index is -0.393. The van der Waals surface area contributed by atoms with Crippen molar-refractivity contribution in [2.24, 2.45) is 7.05 Å². The summed E-state index contributed by atoms with van der Waals surface area (Å²) in [5, 5.41) is 9.04. The van der Waals surface area contributed by atoms with Crippen molar-refractivity contribution in [2.45, 2.75) is 0 Å². The molecule has 4 nitrogen and oxygen atoms in total. The molecule has 86 valence electrons. The SMILES string of the molecule is COc1ccc(F)cc1-c1ncn(C)c1C#N. The molecular formula is C12H10FN3O. The van der Waals surface area contributed by atoms with Gasteiger partial charge in [-0.2, -0.15) is 5.26 Å². The molecule has 1 aromatic heterocycles. The number of benzene rings is 1. The quantitative estimate of drug-likeness (QED) is 0.795. The molecule has 0 bridgehead atoms. The molecule has 0 saturated carbocycles. The number of nitriles is 1. The highest BCUT2D eigenvalue weighted by atomic mass is 19.1. The fourth-order valence-corrected chi connectivity index (χ4v) is 1.62. The van der Waals surface area contributed by atoms with Crippen molar-refractivity contribution in [3.05, 3.63) is 36.0 Å². The Labute approximate surface area is 97.9 Å². The number of rotatable bonds is 2. The van der Waals surface area contributed by atoms with Crippen molar-refractivity contribution in [2.75, 3.05) is 7.11 Å². The molecule has 0 radical (unpaired) electrons. The van der Waals surface area contributed by atoms with Crippen LogP contribution in [0.15, 0.2) is 24.5 Å². The second kappa shape index (κ2) is 4.26. The highest BCUT2D eigenvalue weighted by Crippen LogP contribution is 2.31. The average Bonchev–Trinajstić information content (AvgIpc) is 2.70. The van der Waals surface area contributed by atoms with E-state index in [0.717, 1.165) is 0 Å². The summed E-state index contributed by atoms with van der Waals surface area (Å²) < 4.78 is 20.0. The van der Waals surface area contributed by atoms with Crippen LogP contribution in [0.1, 0.15) is 5.69 Å². The summed E-state index contributed by atoms with van der Waals surface area (Å²) in [5.74, 6) is 0.0944. The van der Waals surface area contributed by atoms with Crippen LogP contribution in [0.5, 0.6) is 5.75 Å². The van der Waals surface area contributed by atoms with Crippen molar-refractivity contribution < 1.29 is 9.13 Å². The van der Waals surface area contributed by atoms with Gasteiger partial charge in [-0.05, 0) is 18.2 Å². The van der Waals surface area contributed by atoms with Gasteiger partial charge in [0.05, 0.1) is 13.4 Å². The molecule has 0 spiro atoms. The minimum Gasteiger partial charge on any atom is -0.496 e. The number of nitrogens with zero attached hydrogens (tertiary/aromatic N) is 3. The summed E-state index contributed by atoms with van der Waals surface area (Å²) in [6.45, 7) is 0. The van der Waals surface area contributed by atoms with Gasteiger partial charge < -0.3 is 9.30 Å². The number of imidazole rings is 1. The van der Waals surface area contributed by atoms with Gasteiger partial charge in [-0.3, -0.25) is 0 Å². The maximum absolute atomic E-state index is 13.2. The van der Waals surface area contributed by atoms with Crippen LogP contribution >= 0.6 is 0 Å². The first-order valence-electron chi connectivity index (χ1n) is 4.92. The van der Waals surface area contributed by atoms with Gasteiger partial charge in [-0.25, -0.2) is 9.37 Å². The number of aromatic nitrogens is 2. The molecule has 0 fully saturated rings. The van der Waals surface area contributed by atoms with Crippen molar-refractivity contribution in [3.63, 3.8) is 0 Å². The van der Waals surface area contributed by atoms with Gasteiger partial charge in [0.25, 0.3) is 0 Å². The summed E-state index contributed by atoms with van der Waals surface area (Å²) in [5.41, 5.74) is 1.27. The van der Waals surface area contributed by atoms with Crippen LogP contribution in [-0.2, 0) is 7.05 Å². The Balaban J connectivity index is 2.68. The second-order valence-electron chi connectivity index (χ2n) is 3.51. The minimum absolute atomic E-state index is 0.369. The number of hydrogen-bond acceptors (Lipinski definition) is 3. The number of ether oxygens (including phenoxy) is 1. The van der Waals surface area contributed by atoms with Crippen LogP contribution in [0.25, 0.3) is 11.3 Å². The smallest absolute Gasteiger partial charge is 0.147 e. The third kappa shape index (κ3) is 1.85. The van der Waals surface area contributed by atoms with E-state index in [0.29, 0.717) is 22.7 Å². The topological polar surface area (TPSA) is 50.8 Å². The predicted molar refractivity (Wildman–Crippen MR) is 59.9 cm³/mol. The van der Waals surface area contributed by atoms with E-state index in [1.165, 1.54) is 31.6 Å². The molecule has 0 N–H and O–H groups in total. The molecule has 2 aromatic rings. The monoisotopic (exact) mass is 231 g/mol. The van der Waals surface area contributed by atoms with Gasteiger partial charge in [-0.1, -0.05) is 0 Å². The molecule has 0 atom stereocenters. The first-order valence-corrected chi connectivity index (χ1v) is 4.92. The van der Waals surface area contributed by atoms with E-state index in [-0.39, 0.29) is 0 Å². The summed E-state index contributed by atoms with van der Waals surface area (Å²) in [6.07, 6.45) is 1.51. The van der Waals surface area contributed by atoms with E-state index in [4.69, 9.17) is 10.00 Å². The van der Waals surface area contributed by atoms with Gasteiger partial charge in [0, 0.05) is 12.6 Å². The molecule has 0 aliphatic heterocycles. The van der Waals surface area contributed by atoms with E-state index < -0.39 is 5.82 Å². The fraction of sp³-hybridized carbons (Fsp3) is 0.167. The lowest BCUT2D eigenvalue weighted by Crippen LogP contribution is -1.94. The Morgan fingerprint density at radius 3 is 2.88 bits per heavy atom. The van der Waals surface area contributed by atoms with Crippen molar-refractivity contribution in [3.8, 4) is 23.1 Å². The van der Waals surface area contributed by atoms with Crippen LogP contribution in [0, 0.1) is 17.1 Å². The second-order valence-corrected chi connectivity index (χ2v) is 3.51. The third-order valence-corrected chi connectivity index (χ3v) is 2.46. The molecule has 2 rings (SSSR count). The molecule has 0 aliphatic carbocycles. The highest BCUT2D eigenvalue weighted by molar-refractivity contribution is 5.71. The van der Waals surface area contributed by atoms with Crippen LogP contribution in [-0.4, -0.2) is 16.7 Å². The molecule has 0 amide bonds. The van der Waals surface area contributed by atoms with Crippen LogP contribution in [0.2, 0.25) is 0 Å². The molecule has 1 aromatic carbocycles. The van der Waals surface area contributed by atoms with Crippen LogP contribution in [0.3, 0.4) is 0 Å². The predicted octanol–water partition coefficient (Wildman–Crippen LogP) is 2.11. The zero-order valence-corrected chi connectivity index (χ0v) is 9.44. The van der Waals surface area contributed by atoms with E-state index in [1.54, 1.807) is 11.6 Å². The average molecular weight is 231 g/mol. The van der Waals surface area contributed by atoms with Crippen molar-refractivity contribution >= 4 is 0 Å². The number of methoxy groups -OCH3 is 1. The van der Waals surface area contributed by atoms with Gasteiger partial charge in [0.1, 0.15) is 29.0 Å². The Kier molecular flexibility index (Phi) is 2.79. The summed E-state index contributed by atoms with van der Waals surface area (Å²) in [7, 11) is 3.20. The molecule has 0 unspecified atom stereocenters. The number of hydrogen-bond donors (Lipinski definition) is 0. The Bertz CT molecular complexity index is 598. The lowest BCUT2D eigenvalue weighted by molar-refractivity contribution is 0.415. The Morgan fingerprint density at radius 2 is 2.24 bits per heavy atom. The van der Waals surface area contributed by atoms with Gasteiger partial charge >= 0.3 is 0 Å². The summed E-state index contributed by atoms with van der Waals surface area (Å²) in [6, 6.07) is 6.16. The lowest BCUT2D eigenvalue weighted by atomic mass is 10.1. The Morgan fingerprint density at radius 1 is 1.47 bits per heavy atom. The number of halogens is 1. The van der Waals surface area contributed by atoms with Crippen LogP contribution < -0.4 is 4.74 Å². The standard InChI is InChI=1S/C12H10FN3O/c1-16-7-15-12(10(16)6-14)9-5-8(13)3-4-11(9)17-2/h3-5,7H,1-2H3. The van der Waals surface area contributed by atoms with Crippen molar-refractivity contribution in [1.29, 1.82) is 5.26 Å². The molecule has 17 heavy (non-hydrogen) atoms. The third-order valence-electron chi connectivity index (χ3n) is 2.46. The van der Waals surface area contributed by atoms with E-state index in [9.17, 15) is 4.39 Å². The van der Waals surface area contributed by atoms with Crippen LogP contribution in [0.4, 0.5) is 4.39 Å². The molecule has 0 saturated heterocycles.